The number of rotatable bonds is 1. The lowest BCUT2D eigenvalue weighted by atomic mass is 10.0. The third-order valence-electron chi connectivity index (χ3n) is 2.47. The van der Waals surface area contributed by atoms with Crippen LogP contribution in [0.5, 0.6) is 0 Å². The molecule has 15 heavy (non-hydrogen) atoms. The minimum Gasteiger partial charge on any atom is -0.326 e. The highest BCUT2D eigenvalue weighted by Gasteiger charge is 2.04. The molecule has 1 heterocycles. The topological polar surface area (TPSA) is 32.9 Å². The predicted octanol–water partition coefficient (Wildman–Crippen LogP) is 2.79. The third-order valence-corrected chi connectivity index (χ3v) is 2.47. The Morgan fingerprint density at radius 3 is 2.67 bits per heavy atom. The smallest absolute Gasteiger partial charge is 0.256 e. The molecule has 0 aliphatic heterocycles. The van der Waals surface area contributed by atoms with Gasteiger partial charge in [-0.1, -0.05) is 24.8 Å². The van der Waals surface area contributed by atoms with Crippen molar-refractivity contribution >= 4 is 16.8 Å². The van der Waals surface area contributed by atoms with Gasteiger partial charge in [0.2, 0.25) is 0 Å². The van der Waals surface area contributed by atoms with Gasteiger partial charge in [0.1, 0.15) is 0 Å². The molecule has 2 heteroatoms. The zero-order valence-corrected chi connectivity index (χ0v) is 8.92. The van der Waals surface area contributed by atoms with E-state index >= 15 is 0 Å². The average Bonchev–Trinajstić information content (AvgIpc) is 2.14. The van der Waals surface area contributed by atoms with Crippen LogP contribution in [-0.2, 0) is 0 Å². The number of aromatic nitrogens is 1. The molecule has 0 spiro atoms. The Labute approximate surface area is 88.3 Å². The van der Waals surface area contributed by atoms with E-state index in [1.807, 2.05) is 32.0 Å². The van der Waals surface area contributed by atoms with E-state index in [0.29, 0.717) is 0 Å². The first-order valence-electron chi connectivity index (χ1n) is 4.88. The number of nitrogens with one attached hydrogen (secondary N) is 1. The Balaban J connectivity index is 3.03. The second-order valence-corrected chi connectivity index (χ2v) is 3.80. The fourth-order valence-corrected chi connectivity index (χ4v) is 1.89. The molecule has 0 unspecified atom stereocenters. The minimum absolute atomic E-state index is 0.0418. The van der Waals surface area contributed by atoms with E-state index in [1.54, 1.807) is 6.08 Å². The monoisotopic (exact) mass is 199 g/mol. The van der Waals surface area contributed by atoms with Gasteiger partial charge in [-0.2, -0.15) is 0 Å². The van der Waals surface area contributed by atoms with E-state index in [1.165, 1.54) is 0 Å². The molecule has 0 bridgehead atoms. The second-order valence-electron chi connectivity index (χ2n) is 3.80. The van der Waals surface area contributed by atoms with Crippen molar-refractivity contribution in [1.29, 1.82) is 0 Å². The first-order valence-corrected chi connectivity index (χ1v) is 4.88. The number of hydrogen-bond acceptors (Lipinski definition) is 1. The number of aryl methyl sites for hydroxylation is 2. The molecule has 0 amide bonds. The molecule has 0 saturated carbocycles. The Morgan fingerprint density at radius 2 is 2.00 bits per heavy atom. The molecule has 0 radical (unpaired) electrons. The summed E-state index contributed by atoms with van der Waals surface area (Å²) in [4.78, 5) is 14.6. The number of pyridine rings is 1. The average molecular weight is 199 g/mol. The minimum atomic E-state index is -0.0418. The molecule has 1 aromatic carbocycles. The predicted molar refractivity (Wildman–Crippen MR) is 64.1 cm³/mol. The SMILES string of the molecule is C=Cc1cc(C)cc2cc(C)[nH]c(=O)c12. The molecule has 0 aliphatic carbocycles. The van der Waals surface area contributed by atoms with Gasteiger partial charge in [0, 0.05) is 5.69 Å². The maximum Gasteiger partial charge on any atom is 0.256 e. The van der Waals surface area contributed by atoms with E-state index in [0.717, 1.165) is 27.6 Å². The van der Waals surface area contributed by atoms with E-state index in [9.17, 15) is 4.79 Å². The second kappa shape index (κ2) is 3.39. The molecule has 1 aromatic heterocycles. The van der Waals surface area contributed by atoms with E-state index < -0.39 is 0 Å². The van der Waals surface area contributed by atoms with Crippen molar-refractivity contribution in [3.8, 4) is 0 Å². The van der Waals surface area contributed by atoms with Crippen LogP contribution in [0.1, 0.15) is 16.8 Å². The molecule has 0 saturated heterocycles. The first kappa shape index (κ1) is 9.71. The van der Waals surface area contributed by atoms with Crippen LogP contribution in [0.2, 0.25) is 0 Å². The van der Waals surface area contributed by atoms with Crippen LogP contribution in [0.3, 0.4) is 0 Å². The van der Waals surface area contributed by atoms with Crippen molar-refractivity contribution in [2.24, 2.45) is 0 Å². The Hall–Kier alpha value is -1.83. The highest BCUT2D eigenvalue weighted by Crippen LogP contribution is 2.18. The fourth-order valence-electron chi connectivity index (χ4n) is 1.89. The van der Waals surface area contributed by atoms with Gasteiger partial charge in [0.15, 0.2) is 0 Å². The van der Waals surface area contributed by atoms with Gasteiger partial charge in [0.05, 0.1) is 5.39 Å². The van der Waals surface area contributed by atoms with Crippen LogP contribution in [0.25, 0.3) is 16.8 Å². The maximum absolute atomic E-state index is 11.8. The summed E-state index contributed by atoms with van der Waals surface area (Å²) >= 11 is 0. The summed E-state index contributed by atoms with van der Waals surface area (Å²) in [7, 11) is 0. The number of fused-ring (bicyclic) bond motifs is 1. The molecule has 0 atom stereocenters. The zero-order chi connectivity index (χ0) is 11.0. The van der Waals surface area contributed by atoms with Crippen LogP contribution >= 0.6 is 0 Å². The summed E-state index contributed by atoms with van der Waals surface area (Å²) in [5.41, 5.74) is 2.88. The quantitative estimate of drug-likeness (QED) is 0.752. The summed E-state index contributed by atoms with van der Waals surface area (Å²) in [5.74, 6) is 0. The summed E-state index contributed by atoms with van der Waals surface area (Å²) in [5, 5.41) is 1.70. The molecular formula is C13H13NO. The molecule has 0 fully saturated rings. The summed E-state index contributed by atoms with van der Waals surface area (Å²) in [6.45, 7) is 7.64. The van der Waals surface area contributed by atoms with Gasteiger partial charge in [-0.05, 0) is 36.4 Å². The van der Waals surface area contributed by atoms with E-state index in [2.05, 4.69) is 11.6 Å². The van der Waals surface area contributed by atoms with Gasteiger partial charge in [-0.3, -0.25) is 4.79 Å². The molecule has 2 aromatic rings. The van der Waals surface area contributed by atoms with Crippen LogP contribution in [0.4, 0.5) is 0 Å². The largest absolute Gasteiger partial charge is 0.326 e. The summed E-state index contributed by atoms with van der Waals surface area (Å²) in [6, 6.07) is 5.97. The fraction of sp³-hybridized carbons (Fsp3) is 0.154. The highest BCUT2D eigenvalue weighted by molar-refractivity contribution is 5.90. The lowest BCUT2D eigenvalue weighted by Gasteiger charge is -2.04. The van der Waals surface area contributed by atoms with Crippen molar-refractivity contribution in [1.82, 2.24) is 4.98 Å². The number of hydrogen-bond donors (Lipinski definition) is 1. The van der Waals surface area contributed by atoms with Crippen molar-refractivity contribution < 1.29 is 0 Å². The molecular weight excluding hydrogens is 186 g/mol. The zero-order valence-electron chi connectivity index (χ0n) is 8.92. The number of H-pyrrole nitrogens is 1. The molecule has 0 aliphatic rings. The Morgan fingerprint density at radius 1 is 1.27 bits per heavy atom. The lowest BCUT2D eigenvalue weighted by Crippen LogP contribution is -2.08. The number of aromatic amines is 1. The van der Waals surface area contributed by atoms with Gasteiger partial charge in [-0.15, -0.1) is 0 Å². The normalized spacial score (nSPS) is 10.5. The third kappa shape index (κ3) is 1.59. The van der Waals surface area contributed by atoms with Crippen LogP contribution < -0.4 is 5.56 Å². The Kier molecular flexibility index (Phi) is 2.19. The van der Waals surface area contributed by atoms with Crippen LogP contribution in [0.15, 0.2) is 29.6 Å². The molecule has 76 valence electrons. The van der Waals surface area contributed by atoms with E-state index in [4.69, 9.17) is 0 Å². The van der Waals surface area contributed by atoms with Gasteiger partial charge in [0.25, 0.3) is 5.56 Å². The van der Waals surface area contributed by atoms with Crippen molar-refractivity contribution in [2.45, 2.75) is 13.8 Å². The van der Waals surface area contributed by atoms with Gasteiger partial charge >= 0.3 is 0 Å². The van der Waals surface area contributed by atoms with E-state index in [-0.39, 0.29) is 5.56 Å². The van der Waals surface area contributed by atoms with Gasteiger partial charge < -0.3 is 4.98 Å². The molecule has 1 N–H and O–H groups in total. The van der Waals surface area contributed by atoms with Crippen molar-refractivity contribution in [2.75, 3.05) is 0 Å². The lowest BCUT2D eigenvalue weighted by molar-refractivity contribution is 1.17. The maximum atomic E-state index is 11.8. The van der Waals surface area contributed by atoms with Gasteiger partial charge in [-0.25, -0.2) is 0 Å². The molecule has 2 rings (SSSR count). The standard InChI is InChI=1S/C13H13NO/c1-4-10-5-8(2)6-11-7-9(3)14-13(15)12(10)11/h4-7H,1H2,2-3H3,(H,14,15). The van der Waals surface area contributed by atoms with Crippen LogP contribution in [0, 0.1) is 13.8 Å². The number of benzene rings is 1. The first-order chi connectivity index (χ1) is 7.11. The summed E-state index contributed by atoms with van der Waals surface area (Å²) in [6.07, 6.45) is 1.72. The molecule has 2 nitrogen and oxygen atoms in total. The van der Waals surface area contributed by atoms with Crippen molar-refractivity contribution in [3.05, 3.63) is 52.0 Å². The Bertz CT molecular complexity index is 588. The highest BCUT2D eigenvalue weighted by atomic mass is 16.1. The summed E-state index contributed by atoms with van der Waals surface area (Å²) < 4.78 is 0. The van der Waals surface area contributed by atoms with Crippen molar-refractivity contribution in [3.63, 3.8) is 0 Å². The van der Waals surface area contributed by atoms with Crippen LogP contribution in [-0.4, -0.2) is 4.98 Å².